The van der Waals surface area contributed by atoms with Crippen LogP contribution in [0.5, 0.6) is 0 Å². The summed E-state index contributed by atoms with van der Waals surface area (Å²) < 4.78 is 6.83. The maximum Gasteiger partial charge on any atom is 0.196 e. The van der Waals surface area contributed by atoms with Crippen LogP contribution < -0.4 is 10.6 Å². The second-order valence-electron chi connectivity index (χ2n) is 4.67. The van der Waals surface area contributed by atoms with Gasteiger partial charge >= 0.3 is 0 Å². The van der Waals surface area contributed by atoms with Crippen LogP contribution in [0.3, 0.4) is 0 Å². The van der Waals surface area contributed by atoms with Crippen LogP contribution in [0.4, 0.5) is 5.69 Å². The summed E-state index contributed by atoms with van der Waals surface area (Å²) in [5.74, 6) is 0.591. The third-order valence-corrected chi connectivity index (χ3v) is 3.99. The molecule has 0 spiro atoms. The van der Waals surface area contributed by atoms with Crippen LogP contribution in [0.2, 0.25) is 0 Å². The fourth-order valence-electron chi connectivity index (χ4n) is 2.65. The van der Waals surface area contributed by atoms with Gasteiger partial charge in [-0.15, -0.1) is 0 Å². The third-order valence-electron chi connectivity index (χ3n) is 3.50. The molecule has 5 heteroatoms. The fraction of sp³-hybridized carbons (Fsp3) is 0.462. The first-order valence-electron chi connectivity index (χ1n) is 6.22. The number of nitrogens with zero attached hydrogens (tertiary/aromatic N) is 2. The predicted octanol–water partition coefficient (Wildman–Crippen LogP) is 2.13. The number of ether oxygens (including phenoxy) is 1. The van der Waals surface area contributed by atoms with Crippen LogP contribution in [0, 0.1) is 0 Å². The third kappa shape index (κ3) is 2.12. The van der Waals surface area contributed by atoms with Gasteiger partial charge in [0.15, 0.2) is 5.96 Å². The summed E-state index contributed by atoms with van der Waals surface area (Å²) in [6.45, 7) is 1.58. The molecule has 1 aromatic rings. The number of aliphatic imine (C=N–C) groups is 1. The van der Waals surface area contributed by atoms with Crippen molar-refractivity contribution in [2.45, 2.75) is 25.0 Å². The molecular weight excluding hydrogens is 294 g/mol. The number of rotatable bonds is 2. The molecule has 3 rings (SSSR count). The first-order valence-corrected chi connectivity index (χ1v) is 7.01. The van der Waals surface area contributed by atoms with Crippen molar-refractivity contribution >= 4 is 27.6 Å². The Bertz CT molecular complexity index is 471. The Morgan fingerprint density at radius 1 is 1.44 bits per heavy atom. The lowest BCUT2D eigenvalue weighted by atomic mass is 10.1. The second kappa shape index (κ2) is 4.90. The molecule has 18 heavy (non-hydrogen) atoms. The van der Waals surface area contributed by atoms with Gasteiger partial charge in [-0.05, 0) is 31.0 Å². The van der Waals surface area contributed by atoms with Gasteiger partial charge in [0.05, 0.1) is 18.7 Å². The van der Waals surface area contributed by atoms with E-state index in [1.807, 2.05) is 12.1 Å². The van der Waals surface area contributed by atoms with E-state index < -0.39 is 0 Å². The summed E-state index contributed by atoms with van der Waals surface area (Å²) in [6, 6.07) is 8.38. The van der Waals surface area contributed by atoms with Crippen LogP contribution in [0.1, 0.15) is 12.8 Å². The van der Waals surface area contributed by atoms with Gasteiger partial charge in [-0.2, -0.15) is 0 Å². The van der Waals surface area contributed by atoms with Gasteiger partial charge in [0.1, 0.15) is 0 Å². The molecule has 2 unspecified atom stereocenters. The van der Waals surface area contributed by atoms with Crippen molar-refractivity contribution in [1.29, 1.82) is 0 Å². The predicted molar refractivity (Wildman–Crippen MR) is 75.9 cm³/mol. The highest BCUT2D eigenvalue weighted by molar-refractivity contribution is 9.10. The quantitative estimate of drug-likeness (QED) is 0.910. The summed E-state index contributed by atoms with van der Waals surface area (Å²) >= 11 is 3.49. The molecular formula is C13H16BrN3O. The molecule has 1 fully saturated rings. The molecule has 96 valence electrons. The zero-order valence-electron chi connectivity index (χ0n) is 10.1. The maximum absolute atomic E-state index is 6.02. The minimum absolute atomic E-state index is 0.238. The number of hydrogen-bond acceptors (Lipinski definition) is 4. The largest absolute Gasteiger partial charge is 0.376 e. The topological polar surface area (TPSA) is 50.9 Å². The van der Waals surface area contributed by atoms with Gasteiger partial charge in [0, 0.05) is 16.8 Å². The van der Waals surface area contributed by atoms with Crippen molar-refractivity contribution in [3.63, 3.8) is 0 Å². The van der Waals surface area contributed by atoms with Crippen molar-refractivity contribution in [3.8, 4) is 0 Å². The number of halogens is 1. The van der Waals surface area contributed by atoms with Gasteiger partial charge in [-0.1, -0.05) is 22.0 Å². The smallest absolute Gasteiger partial charge is 0.196 e. The van der Waals surface area contributed by atoms with Crippen molar-refractivity contribution < 1.29 is 4.74 Å². The standard InChI is InChI=1S/C13H16BrN3O/c14-9-3-1-4-10(7-9)17-11(8-16-13(17)15)12-5-2-6-18-12/h1,3-4,7,11-12H,2,5-6,8H2,(H2,15,16). The number of anilines is 1. The van der Waals surface area contributed by atoms with E-state index in [1.165, 1.54) is 0 Å². The highest BCUT2D eigenvalue weighted by atomic mass is 79.9. The highest BCUT2D eigenvalue weighted by Gasteiger charge is 2.36. The van der Waals surface area contributed by atoms with Crippen molar-refractivity contribution in [1.82, 2.24) is 0 Å². The number of nitrogens with two attached hydrogens (primary N) is 1. The SMILES string of the molecule is NC1=NCC(C2CCCO2)N1c1cccc(Br)c1. The minimum atomic E-state index is 0.238. The molecule has 4 nitrogen and oxygen atoms in total. The summed E-state index contributed by atoms with van der Waals surface area (Å²) in [5, 5.41) is 0. The number of hydrogen-bond donors (Lipinski definition) is 1. The molecule has 2 aliphatic rings. The lowest BCUT2D eigenvalue weighted by Gasteiger charge is -2.30. The van der Waals surface area contributed by atoms with Crippen molar-refractivity contribution in [2.24, 2.45) is 10.7 Å². The average Bonchev–Trinajstić information content (AvgIpc) is 2.97. The van der Waals surface area contributed by atoms with Crippen LogP contribution in [0.25, 0.3) is 0 Å². The van der Waals surface area contributed by atoms with Crippen molar-refractivity contribution in [3.05, 3.63) is 28.7 Å². The minimum Gasteiger partial charge on any atom is -0.376 e. The molecule has 0 radical (unpaired) electrons. The summed E-state index contributed by atoms with van der Waals surface area (Å²) in [6.07, 6.45) is 2.47. The molecule has 2 heterocycles. The Morgan fingerprint density at radius 2 is 2.33 bits per heavy atom. The lowest BCUT2D eigenvalue weighted by Crippen LogP contribution is -2.47. The zero-order valence-corrected chi connectivity index (χ0v) is 11.6. The lowest BCUT2D eigenvalue weighted by molar-refractivity contribution is 0.0947. The first kappa shape index (κ1) is 12.0. The van der Waals surface area contributed by atoms with E-state index in [0.29, 0.717) is 5.96 Å². The van der Waals surface area contributed by atoms with Gasteiger partial charge in [0.2, 0.25) is 0 Å². The highest BCUT2D eigenvalue weighted by Crippen LogP contribution is 2.29. The maximum atomic E-state index is 6.02. The molecule has 1 saturated heterocycles. The molecule has 0 aliphatic carbocycles. The van der Waals surface area contributed by atoms with Crippen LogP contribution in [0.15, 0.2) is 33.7 Å². The summed E-state index contributed by atoms with van der Waals surface area (Å²) in [4.78, 5) is 6.47. The van der Waals surface area contributed by atoms with Gasteiger partial charge in [-0.25, -0.2) is 0 Å². The van der Waals surface area contributed by atoms with Gasteiger partial charge in [0.25, 0.3) is 0 Å². The number of benzene rings is 1. The molecule has 0 bridgehead atoms. The Morgan fingerprint density at radius 3 is 3.06 bits per heavy atom. The van der Waals surface area contributed by atoms with E-state index in [4.69, 9.17) is 10.5 Å². The Hall–Kier alpha value is -1.07. The van der Waals surface area contributed by atoms with E-state index in [2.05, 4.69) is 38.0 Å². The first-order chi connectivity index (χ1) is 8.75. The van der Waals surface area contributed by atoms with Crippen LogP contribution >= 0.6 is 15.9 Å². The second-order valence-corrected chi connectivity index (χ2v) is 5.58. The van der Waals surface area contributed by atoms with E-state index in [1.54, 1.807) is 0 Å². The fourth-order valence-corrected chi connectivity index (χ4v) is 3.04. The molecule has 0 saturated carbocycles. The van der Waals surface area contributed by atoms with Gasteiger partial charge in [-0.3, -0.25) is 4.99 Å². The van der Waals surface area contributed by atoms with Crippen LogP contribution in [-0.2, 0) is 4.74 Å². The monoisotopic (exact) mass is 309 g/mol. The Kier molecular flexibility index (Phi) is 3.26. The molecule has 2 atom stereocenters. The van der Waals surface area contributed by atoms with Crippen LogP contribution in [-0.4, -0.2) is 31.3 Å². The Balaban J connectivity index is 1.89. The molecule has 2 N–H and O–H groups in total. The van der Waals surface area contributed by atoms with E-state index in [0.717, 1.165) is 36.2 Å². The van der Waals surface area contributed by atoms with E-state index >= 15 is 0 Å². The van der Waals surface area contributed by atoms with E-state index in [9.17, 15) is 0 Å². The van der Waals surface area contributed by atoms with Gasteiger partial charge < -0.3 is 15.4 Å². The Labute approximate surface area is 115 Å². The summed E-state index contributed by atoms with van der Waals surface area (Å²) in [5.41, 5.74) is 7.10. The zero-order chi connectivity index (χ0) is 12.5. The normalized spacial score (nSPS) is 27.6. The van der Waals surface area contributed by atoms with Crippen molar-refractivity contribution in [2.75, 3.05) is 18.1 Å². The molecule has 0 amide bonds. The van der Waals surface area contributed by atoms with E-state index in [-0.39, 0.29) is 12.1 Å². The average molecular weight is 310 g/mol. The molecule has 1 aromatic carbocycles. The number of guanidine groups is 1. The summed E-state index contributed by atoms with van der Waals surface area (Å²) in [7, 11) is 0. The molecule has 0 aromatic heterocycles. The molecule has 2 aliphatic heterocycles.